The number of rotatable bonds is 5. The summed E-state index contributed by atoms with van der Waals surface area (Å²) in [4.78, 5) is 0. The van der Waals surface area contributed by atoms with Crippen LogP contribution < -0.4 is 5.32 Å². The van der Waals surface area contributed by atoms with Crippen LogP contribution in [0.4, 0.5) is 0 Å². The lowest BCUT2D eigenvalue weighted by molar-refractivity contribution is 0.117. The molecule has 0 bridgehead atoms. The first kappa shape index (κ1) is 12.0. The van der Waals surface area contributed by atoms with E-state index in [1.54, 1.807) is 0 Å². The predicted octanol–water partition coefficient (Wildman–Crippen LogP) is 2.17. The van der Waals surface area contributed by atoms with E-state index in [4.69, 9.17) is 0 Å². The Morgan fingerprint density at radius 3 is 2.86 bits per heavy atom. The van der Waals surface area contributed by atoms with Gasteiger partial charge in [-0.1, -0.05) is 33.6 Å². The van der Waals surface area contributed by atoms with Crippen molar-refractivity contribution in [2.45, 2.75) is 52.5 Å². The van der Waals surface area contributed by atoms with Crippen LogP contribution in [0.15, 0.2) is 0 Å². The fraction of sp³-hybridized carbons (Fsp3) is 1.00. The Hall–Kier alpha value is -0.0800. The lowest BCUT2D eigenvalue weighted by Gasteiger charge is -2.31. The van der Waals surface area contributed by atoms with Gasteiger partial charge in [0.2, 0.25) is 0 Å². The lowest BCUT2D eigenvalue weighted by Crippen LogP contribution is -2.43. The van der Waals surface area contributed by atoms with Crippen LogP contribution in [0, 0.1) is 11.3 Å². The summed E-state index contributed by atoms with van der Waals surface area (Å²) in [5.74, 6) is 0.749. The third-order valence-corrected chi connectivity index (χ3v) is 3.85. The van der Waals surface area contributed by atoms with Gasteiger partial charge in [0.15, 0.2) is 0 Å². The second-order valence-electron chi connectivity index (χ2n) is 5.18. The Morgan fingerprint density at radius 2 is 2.29 bits per heavy atom. The summed E-state index contributed by atoms with van der Waals surface area (Å²) in [6.07, 6.45) is 4.89. The van der Waals surface area contributed by atoms with E-state index < -0.39 is 0 Å². The third-order valence-electron chi connectivity index (χ3n) is 3.85. The van der Waals surface area contributed by atoms with Gasteiger partial charge in [0.05, 0.1) is 0 Å². The first-order valence-electron chi connectivity index (χ1n) is 5.96. The highest BCUT2D eigenvalue weighted by Gasteiger charge is 2.37. The Bertz CT molecular complexity index is 172. The molecular formula is C12H25NO. The molecule has 0 heterocycles. The largest absolute Gasteiger partial charge is 0.396 e. The summed E-state index contributed by atoms with van der Waals surface area (Å²) in [6.45, 7) is 8.13. The molecule has 84 valence electrons. The molecule has 3 unspecified atom stereocenters. The van der Waals surface area contributed by atoms with Crippen molar-refractivity contribution in [3.8, 4) is 0 Å². The van der Waals surface area contributed by atoms with Gasteiger partial charge in [-0.3, -0.25) is 0 Å². The Morgan fingerprint density at radius 1 is 1.57 bits per heavy atom. The Balaban J connectivity index is 2.36. The van der Waals surface area contributed by atoms with Crippen molar-refractivity contribution in [3.63, 3.8) is 0 Å². The molecule has 1 saturated carbocycles. The summed E-state index contributed by atoms with van der Waals surface area (Å²) in [7, 11) is 0. The normalized spacial score (nSPS) is 34.7. The van der Waals surface area contributed by atoms with E-state index in [0.717, 1.165) is 12.5 Å². The van der Waals surface area contributed by atoms with Crippen LogP contribution in [0.1, 0.15) is 46.5 Å². The molecule has 2 N–H and O–H groups in total. The molecule has 1 rings (SSSR count). The summed E-state index contributed by atoms with van der Waals surface area (Å²) in [5.41, 5.74) is 0.132. The maximum atomic E-state index is 9.38. The van der Waals surface area contributed by atoms with E-state index >= 15 is 0 Å². The van der Waals surface area contributed by atoms with Crippen LogP contribution in [0.25, 0.3) is 0 Å². The molecule has 2 heteroatoms. The first-order valence-corrected chi connectivity index (χ1v) is 5.96. The van der Waals surface area contributed by atoms with E-state index in [1.165, 1.54) is 25.7 Å². The maximum absolute atomic E-state index is 9.38. The minimum absolute atomic E-state index is 0.132. The molecule has 0 radical (unpaired) electrons. The summed E-state index contributed by atoms with van der Waals surface area (Å²) in [6, 6.07) is 0.529. The van der Waals surface area contributed by atoms with Crippen molar-refractivity contribution in [2.24, 2.45) is 11.3 Å². The van der Waals surface area contributed by atoms with Crippen LogP contribution in [0.2, 0.25) is 0 Å². The molecule has 14 heavy (non-hydrogen) atoms. The molecule has 2 nitrogen and oxygen atoms in total. The second-order valence-corrected chi connectivity index (χ2v) is 5.18. The van der Waals surface area contributed by atoms with E-state index in [9.17, 15) is 5.11 Å². The minimum atomic E-state index is 0.132. The van der Waals surface area contributed by atoms with Gasteiger partial charge in [0.1, 0.15) is 0 Å². The number of hydrogen-bond donors (Lipinski definition) is 2. The zero-order valence-corrected chi connectivity index (χ0v) is 9.84. The lowest BCUT2D eigenvalue weighted by atomic mass is 9.85. The number of aliphatic hydroxyl groups is 1. The average Bonchev–Trinajstić information content (AvgIpc) is 2.57. The SMILES string of the molecule is CCC(C)CNC1CCCC1(C)CO. The molecule has 3 atom stereocenters. The van der Waals surface area contributed by atoms with Crippen molar-refractivity contribution in [1.29, 1.82) is 0 Å². The number of nitrogens with one attached hydrogen (secondary N) is 1. The van der Waals surface area contributed by atoms with E-state index in [1.807, 2.05) is 0 Å². The average molecular weight is 199 g/mol. The van der Waals surface area contributed by atoms with Gasteiger partial charge in [0, 0.05) is 18.1 Å². The zero-order valence-electron chi connectivity index (χ0n) is 9.84. The van der Waals surface area contributed by atoms with Crippen molar-refractivity contribution in [2.75, 3.05) is 13.2 Å². The maximum Gasteiger partial charge on any atom is 0.0499 e. The van der Waals surface area contributed by atoms with Gasteiger partial charge in [-0.25, -0.2) is 0 Å². The fourth-order valence-electron chi connectivity index (χ4n) is 2.26. The van der Waals surface area contributed by atoms with Crippen LogP contribution in [-0.4, -0.2) is 24.3 Å². The molecule has 0 saturated heterocycles. The van der Waals surface area contributed by atoms with Crippen LogP contribution in [0.5, 0.6) is 0 Å². The zero-order chi connectivity index (χ0) is 10.6. The monoisotopic (exact) mass is 199 g/mol. The molecular weight excluding hydrogens is 174 g/mol. The van der Waals surface area contributed by atoms with Crippen LogP contribution in [-0.2, 0) is 0 Å². The van der Waals surface area contributed by atoms with Gasteiger partial charge in [0.25, 0.3) is 0 Å². The van der Waals surface area contributed by atoms with Gasteiger partial charge in [-0.2, -0.15) is 0 Å². The van der Waals surface area contributed by atoms with Crippen molar-refractivity contribution in [1.82, 2.24) is 5.32 Å². The summed E-state index contributed by atoms with van der Waals surface area (Å²) < 4.78 is 0. The predicted molar refractivity (Wildman–Crippen MR) is 60.3 cm³/mol. The van der Waals surface area contributed by atoms with Crippen molar-refractivity contribution in [3.05, 3.63) is 0 Å². The highest BCUT2D eigenvalue weighted by molar-refractivity contribution is 4.93. The van der Waals surface area contributed by atoms with Gasteiger partial charge < -0.3 is 10.4 Å². The smallest absolute Gasteiger partial charge is 0.0499 e. The van der Waals surface area contributed by atoms with E-state index in [-0.39, 0.29) is 5.41 Å². The van der Waals surface area contributed by atoms with Crippen LogP contribution >= 0.6 is 0 Å². The standard InChI is InChI=1S/C12H25NO/c1-4-10(2)8-13-11-6-5-7-12(11,3)9-14/h10-11,13-14H,4-9H2,1-3H3. The van der Waals surface area contributed by atoms with Gasteiger partial charge >= 0.3 is 0 Å². The Labute approximate surface area is 88.1 Å². The van der Waals surface area contributed by atoms with E-state index in [0.29, 0.717) is 12.6 Å². The molecule has 0 aliphatic heterocycles. The minimum Gasteiger partial charge on any atom is -0.396 e. The van der Waals surface area contributed by atoms with Gasteiger partial charge in [-0.15, -0.1) is 0 Å². The quantitative estimate of drug-likeness (QED) is 0.711. The highest BCUT2D eigenvalue weighted by atomic mass is 16.3. The third kappa shape index (κ3) is 2.71. The second kappa shape index (κ2) is 5.13. The first-order chi connectivity index (χ1) is 6.62. The summed E-state index contributed by atoms with van der Waals surface area (Å²) >= 11 is 0. The topological polar surface area (TPSA) is 32.3 Å². The molecule has 0 spiro atoms. The summed E-state index contributed by atoms with van der Waals surface area (Å²) in [5, 5.41) is 13.0. The molecule has 1 aliphatic rings. The van der Waals surface area contributed by atoms with Crippen molar-refractivity contribution < 1.29 is 5.11 Å². The molecule has 0 aromatic rings. The Kier molecular flexibility index (Phi) is 4.39. The van der Waals surface area contributed by atoms with Gasteiger partial charge in [-0.05, 0) is 25.3 Å². The fourth-order valence-corrected chi connectivity index (χ4v) is 2.26. The molecule has 1 aliphatic carbocycles. The van der Waals surface area contributed by atoms with Crippen molar-refractivity contribution >= 4 is 0 Å². The van der Waals surface area contributed by atoms with Crippen LogP contribution in [0.3, 0.4) is 0 Å². The molecule has 0 amide bonds. The highest BCUT2D eigenvalue weighted by Crippen LogP contribution is 2.37. The number of aliphatic hydroxyl groups excluding tert-OH is 1. The number of hydrogen-bond acceptors (Lipinski definition) is 2. The molecule has 1 fully saturated rings. The van der Waals surface area contributed by atoms with E-state index in [2.05, 4.69) is 26.1 Å². The molecule has 0 aromatic heterocycles. The molecule has 0 aromatic carbocycles.